The van der Waals surface area contributed by atoms with Crippen molar-refractivity contribution >= 4 is 34.8 Å². The van der Waals surface area contributed by atoms with Crippen molar-refractivity contribution < 1.29 is 14.3 Å². The summed E-state index contributed by atoms with van der Waals surface area (Å²) in [6.07, 6.45) is 2.28. The highest BCUT2D eigenvalue weighted by Crippen LogP contribution is 2.23. The highest BCUT2D eigenvalue weighted by molar-refractivity contribution is 7.17. The van der Waals surface area contributed by atoms with E-state index in [1.54, 1.807) is 12.1 Å². The molecule has 0 bridgehead atoms. The molecule has 7 heteroatoms. The zero-order chi connectivity index (χ0) is 15.5. The van der Waals surface area contributed by atoms with Crippen LogP contribution < -0.4 is 0 Å². The Hall–Kier alpha value is -1.11. The lowest BCUT2D eigenvalue weighted by molar-refractivity contribution is -0.140. The van der Waals surface area contributed by atoms with E-state index in [0.717, 1.165) is 19.3 Å². The molecule has 0 spiro atoms. The fraction of sp³-hybridized carbons (Fsp3) is 0.600. The average molecular weight is 343 g/mol. The Morgan fingerprint density at radius 2 is 1.91 bits per heavy atom. The number of amides is 2. The van der Waals surface area contributed by atoms with Crippen molar-refractivity contribution in [1.29, 1.82) is 0 Å². The molecule has 1 atom stereocenters. The van der Waals surface area contributed by atoms with Gasteiger partial charge >= 0.3 is 0 Å². The van der Waals surface area contributed by atoms with Crippen LogP contribution in [0.25, 0.3) is 0 Å². The Kier molecular flexibility index (Phi) is 5.00. The highest BCUT2D eigenvalue weighted by atomic mass is 35.5. The average Bonchev–Trinajstić information content (AvgIpc) is 3.13. The van der Waals surface area contributed by atoms with Crippen LogP contribution in [-0.4, -0.2) is 60.5 Å². The van der Waals surface area contributed by atoms with Crippen molar-refractivity contribution in [1.82, 2.24) is 9.80 Å². The minimum Gasteiger partial charge on any atom is -0.368 e. The molecular formula is C15H19ClN2O3S. The molecule has 2 fully saturated rings. The zero-order valence-electron chi connectivity index (χ0n) is 12.3. The molecule has 2 aliphatic rings. The van der Waals surface area contributed by atoms with Gasteiger partial charge < -0.3 is 14.5 Å². The van der Waals surface area contributed by atoms with Crippen LogP contribution >= 0.6 is 22.9 Å². The van der Waals surface area contributed by atoms with Gasteiger partial charge in [0.2, 0.25) is 0 Å². The molecule has 0 aliphatic carbocycles. The fourth-order valence-electron chi connectivity index (χ4n) is 2.90. The van der Waals surface area contributed by atoms with Gasteiger partial charge in [-0.15, -0.1) is 11.3 Å². The molecule has 5 nitrogen and oxygen atoms in total. The second-order valence-electron chi connectivity index (χ2n) is 5.58. The van der Waals surface area contributed by atoms with E-state index in [2.05, 4.69) is 0 Å². The van der Waals surface area contributed by atoms with Crippen molar-refractivity contribution in [3.05, 3.63) is 21.3 Å². The maximum atomic E-state index is 12.4. The molecule has 3 rings (SSSR count). The predicted octanol–water partition coefficient (Wildman–Crippen LogP) is 2.26. The van der Waals surface area contributed by atoms with Gasteiger partial charge in [0.15, 0.2) is 0 Å². The predicted molar refractivity (Wildman–Crippen MR) is 85.4 cm³/mol. The van der Waals surface area contributed by atoms with Crippen LogP contribution in [0, 0.1) is 0 Å². The molecular weight excluding hydrogens is 324 g/mol. The topological polar surface area (TPSA) is 49.9 Å². The summed E-state index contributed by atoms with van der Waals surface area (Å²) in [6.45, 7) is 3.17. The number of ether oxygens (including phenoxy) is 1. The Labute approximate surface area is 138 Å². The smallest absolute Gasteiger partial charge is 0.264 e. The lowest BCUT2D eigenvalue weighted by Crippen LogP contribution is -2.41. The minimum absolute atomic E-state index is 0.00307. The van der Waals surface area contributed by atoms with Crippen molar-refractivity contribution in [2.75, 3.05) is 32.8 Å². The monoisotopic (exact) mass is 342 g/mol. The summed E-state index contributed by atoms with van der Waals surface area (Å²) < 4.78 is 6.09. The largest absolute Gasteiger partial charge is 0.368 e. The van der Waals surface area contributed by atoms with Crippen molar-refractivity contribution in [3.63, 3.8) is 0 Å². The van der Waals surface area contributed by atoms with E-state index in [1.165, 1.54) is 11.3 Å². The first-order chi connectivity index (χ1) is 10.6. The summed E-state index contributed by atoms with van der Waals surface area (Å²) >= 11 is 7.19. The first-order valence-electron chi connectivity index (χ1n) is 7.60. The Bertz CT molecular complexity index is 557. The SMILES string of the molecule is O=C(c1ccc(Cl)s1)N1CCCN(C(=O)C2CCCO2)CC1. The van der Waals surface area contributed by atoms with Gasteiger partial charge in [-0.2, -0.15) is 0 Å². The van der Waals surface area contributed by atoms with Gasteiger partial charge in [0, 0.05) is 32.8 Å². The standard InChI is InChI=1S/C15H19ClN2O3S/c16-13-5-4-12(22-13)15(20)18-7-2-6-17(8-9-18)14(19)11-3-1-10-21-11/h4-5,11H,1-3,6-10H2. The van der Waals surface area contributed by atoms with Crippen molar-refractivity contribution in [3.8, 4) is 0 Å². The number of hydrogen-bond acceptors (Lipinski definition) is 4. The summed E-state index contributed by atoms with van der Waals surface area (Å²) in [6, 6.07) is 3.50. The molecule has 120 valence electrons. The number of nitrogens with zero attached hydrogens (tertiary/aromatic N) is 2. The first kappa shape index (κ1) is 15.8. The zero-order valence-corrected chi connectivity index (χ0v) is 13.9. The Balaban J connectivity index is 1.59. The molecule has 0 saturated carbocycles. The van der Waals surface area contributed by atoms with Crippen molar-refractivity contribution in [2.45, 2.75) is 25.4 Å². The van der Waals surface area contributed by atoms with Gasteiger partial charge in [-0.3, -0.25) is 9.59 Å². The third-order valence-electron chi connectivity index (χ3n) is 4.08. The van der Waals surface area contributed by atoms with E-state index in [1.807, 2.05) is 9.80 Å². The molecule has 2 amide bonds. The number of hydrogen-bond donors (Lipinski definition) is 0. The number of rotatable bonds is 2. The van der Waals surface area contributed by atoms with Gasteiger partial charge in [-0.05, 0) is 31.4 Å². The molecule has 0 aromatic carbocycles. The normalized spacial score (nSPS) is 22.7. The number of carbonyl (C=O) groups excluding carboxylic acids is 2. The second kappa shape index (κ2) is 6.98. The second-order valence-corrected chi connectivity index (χ2v) is 7.29. The van der Waals surface area contributed by atoms with Gasteiger partial charge in [-0.25, -0.2) is 0 Å². The van der Waals surface area contributed by atoms with E-state index < -0.39 is 0 Å². The summed E-state index contributed by atoms with van der Waals surface area (Å²) in [5.41, 5.74) is 0. The maximum absolute atomic E-state index is 12.4. The molecule has 1 aromatic heterocycles. The molecule has 1 aromatic rings. The van der Waals surface area contributed by atoms with E-state index in [0.29, 0.717) is 42.0 Å². The van der Waals surface area contributed by atoms with E-state index in [9.17, 15) is 9.59 Å². The van der Waals surface area contributed by atoms with Crippen LogP contribution in [0.4, 0.5) is 0 Å². The lowest BCUT2D eigenvalue weighted by Gasteiger charge is -2.24. The summed E-state index contributed by atoms with van der Waals surface area (Å²) in [7, 11) is 0. The molecule has 3 heterocycles. The summed E-state index contributed by atoms with van der Waals surface area (Å²) in [5.74, 6) is 0.0780. The van der Waals surface area contributed by atoms with Gasteiger partial charge in [0.1, 0.15) is 6.10 Å². The van der Waals surface area contributed by atoms with Crippen LogP contribution in [0.1, 0.15) is 28.9 Å². The highest BCUT2D eigenvalue weighted by Gasteiger charge is 2.30. The van der Waals surface area contributed by atoms with E-state index >= 15 is 0 Å². The molecule has 0 N–H and O–H groups in total. The van der Waals surface area contributed by atoms with Crippen LogP contribution in [0.5, 0.6) is 0 Å². The lowest BCUT2D eigenvalue weighted by atomic mass is 10.2. The van der Waals surface area contributed by atoms with Gasteiger partial charge in [0.05, 0.1) is 9.21 Å². The molecule has 2 aliphatic heterocycles. The molecule has 1 unspecified atom stereocenters. The quantitative estimate of drug-likeness (QED) is 0.828. The maximum Gasteiger partial charge on any atom is 0.264 e. The van der Waals surface area contributed by atoms with Gasteiger partial charge in [-0.1, -0.05) is 11.6 Å². The molecule has 0 radical (unpaired) electrons. The number of thiophene rings is 1. The fourth-order valence-corrected chi connectivity index (χ4v) is 3.91. The third-order valence-corrected chi connectivity index (χ3v) is 5.30. The van der Waals surface area contributed by atoms with Crippen LogP contribution in [0.15, 0.2) is 12.1 Å². The van der Waals surface area contributed by atoms with Gasteiger partial charge in [0.25, 0.3) is 11.8 Å². The first-order valence-corrected chi connectivity index (χ1v) is 8.79. The Morgan fingerprint density at radius 3 is 2.59 bits per heavy atom. The molecule has 22 heavy (non-hydrogen) atoms. The number of carbonyl (C=O) groups is 2. The van der Waals surface area contributed by atoms with Crippen LogP contribution in [-0.2, 0) is 9.53 Å². The minimum atomic E-state index is -0.279. The van der Waals surface area contributed by atoms with E-state index in [4.69, 9.17) is 16.3 Å². The summed E-state index contributed by atoms with van der Waals surface area (Å²) in [5, 5.41) is 0. The number of halogens is 1. The van der Waals surface area contributed by atoms with E-state index in [-0.39, 0.29) is 17.9 Å². The van der Waals surface area contributed by atoms with Crippen LogP contribution in [0.3, 0.4) is 0 Å². The Morgan fingerprint density at radius 1 is 1.14 bits per heavy atom. The molecule has 2 saturated heterocycles. The summed E-state index contributed by atoms with van der Waals surface area (Å²) in [4.78, 5) is 29.1. The third kappa shape index (κ3) is 3.45. The van der Waals surface area contributed by atoms with Crippen molar-refractivity contribution in [2.24, 2.45) is 0 Å². The van der Waals surface area contributed by atoms with Crippen LogP contribution in [0.2, 0.25) is 4.34 Å².